The highest BCUT2D eigenvalue weighted by atomic mass is 79.9. The molecule has 0 saturated heterocycles. The van der Waals surface area contributed by atoms with E-state index in [0.717, 1.165) is 24.5 Å². The van der Waals surface area contributed by atoms with Crippen molar-refractivity contribution < 1.29 is 0 Å². The zero-order chi connectivity index (χ0) is 13.0. The summed E-state index contributed by atoms with van der Waals surface area (Å²) in [6, 6.07) is 6.49. The molecule has 2 aromatic rings. The van der Waals surface area contributed by atoms with Gasteiger partial charge in [-0.2, -0.15) is 0 Å². The van der Waals surface area contributed by atoms with Crippen LogP contribution in [0.5, 0.6) is 0 Å². The maximum atomic E-state index is 4.45. The van der Waals surface area contributed by atoms with Gasteiger partial charge in [-0.25, -0.2) is 4.98 Å². The topological polar surface area (TPSA) is 24.9 Å². The molecule has 0 saturated carbocycles. The molecule has 2 rings (SSSR count). The fourth-order valence-corrected chi connectivity index (χ4v) is 2.79. The molecule has 0 unspecified atom stereocenters. The summed E-state index contributed by atoms with van der Waals surface area (Å²) in [5.41, 5.74) is 3.77. The largest absolute Gasteiger partial charge is 0.312 e. The van der Waals surface area contributed by atoms with Crippen LogP contribution >= 0.6 is 27.3 Å². The van der Waals surface area contributed by atoms with Crippen LogP contribution in [0, 0.1) is 13.8 Å². The number of rotatable bonds is 5. The first kappa shape index (κ1) is 13.7. The van der Waals surface area contributed by atoms with Gasteiger partial charge in [0.05, 0.1) is 10.7 Å². The summed E-state index contributed by atoms with van der Waals surface area (Å²) >= 11 is 5.28. The van der Waals surface area contributed by atoms with E-state index in [1.54, 1.807) is 11.3 Å². The summed E-state index contributed by atoms with van der Waals surface area (Å²) in [7, 11) is 0. The second-order valence-electron chi connectivity index (χ2n) is 4.37. The molecule has 4 heteroatoms. The zero-order valence-electron chi connectivity index (χ0n) is 10.7. The van der Waals surface area contributed by atoms with E-state index in [0.29, 0.717) is 0 Å². The van der Waals surface area contributed by atoms with E-state index >= 15 is 0 Å². The first-order valence-corrected chi connectivity index (χ1v) is 7.69. The molecule has 0 aliphatic carbocycles. The lowest BCUT2D eigenvalue weighted by Gasteiger charge is -2.06. The average Bonchev–Trinajstić information content (AvgIpc) is 2.75. The van der Waals surface area contributed by atoms with Gasteiger partial charge in [0.1, 0.15) is 0 Å². The number of nitrogens with zero attached hydrogens (tertiary/aromatic N) is 1. The van der Waals surface area contributed by atoms with Crippen molar-refractivity contribution in [2.75, 3.05) is 6.54 Å². The quantitative estimate of drug-likeness (QED) is 0.845. The van der Waals surface area contributed by atoms with Crippen LogP contribution in [-0.4, -0.2) is 11.5 Å². The predicted octanol–water partition coefficient (Wildman–Crippen LogP) is 3.85. The molecular weight excluding hydrogens is 308 g/mol. The summed E-state index contributed by atoms with van der Waals surface area (Å²) < 4.78 is 1.18. The lowest BCUT2D eigenvalue weighted by atomic mass is 10.1. The number of hydrogen-bond donors (Lipinski definition) is 1. The summed E-state index contributed by atoms with van der Waals surface area (Å²) in [5.74, 6) is 0. The molecule has 18 heavy (non-hydrogen) atoms. The van der Waals surface area contributed by atoms with Gasteiger partial charge >= 0.3 is 0 Å². The molecule has 1 heterocycles. The summed E-state index contributed by atoms with van der Waals surface area (Å²) in [5, 5.41) is 6.73. The van der Waals surface area contributed by atoms with Gasteiger partial charge in [-0.15, -0.1) is 11.3 Å². The van der Waals surface area contributed by atoms with E-state index in [4.69, 9.17) is 0 Å². The van der Waals surface area contributed by atoms with Gasteiger partial charge in [-0.1, -0.05) is 28.1 Å². The monoisotopic (exact) mass is 324 g/mol. The van der Waals surface area contributed by atoms with E-state index in [2.05, 4.69) is 56.7 Å². The van der Waals surface area contributed by atoms with Crippen LogP contribution in [0.15, 0.2) is 28.1 Å². The van der Waals surface area contributed by atoms with E-state index in [1.807, 2.05) is 6.92 Å². The Morgan fingerprint density at radius 2 is 2.17 bits per heavy atom. The van der Waals surface area contributed by atoms with Crippen LogP contribution in [0.2, 0.25) is 0 Å². The number of nitrogens with one attached hydrogen (secondary N) is 1. The molecule has 0 radical (unpaired) electrons. The van der Waals surface area contributed by atoms with Crippen molar-refractivity contribution in [1.29, 1.82) is 0 Å². The Morgan fingerprint density at radius 1 is 1.33 bits per heavy atom. The van der Waals surface area contributed by atoms with Crippen molar-refractivity contribution in [2.24, 2.45) is 0 Å². The molecule has 0 spiro atoms. The van der Waals surface area contributed by atoms with Crippen LogP contribution in [0.3, 0.4) is 0 Å². The third-order valence-corrected chi connectivity index (χ3v) is 4.47. The van der Waals surface area contributed by atoms with Crippen molar-refractivity contribution >= 4 is 27.3 Å². The van der Waals surface area contributed by atoms with E-state index in [9.17, 15) is 0 Å². The van der Waals surface area contributed by atoms with Crippen molar-refractivity contribution in [3.8, 4) is 0 Å². The number of aromatic nitrogens is 1. The minimum atomic E-state index is 0.905. The molecule has 96 valence electrons. The number of hydrogen-bond acceptors (Lipinski definition) is 3. The van der Waals surface area contributed by atoms with Crippen LogP contribution in [0.1, 0.15) is 21.8 Å². The number of benzene rings is 1. The van der Waals surface area contributed by atoms with Gasteiger partial charge in [0, 0.05) is 29.4 Å². The Balaban J connectivity index is 1.76. The maximum absolute atomic E-state index is 4.45. The molecule has 0 atom stereocenters. The SMILES string of the molecule is Cc1nc(CCNCc2ccc(C)c(Br)c2)cs1. The first-order valence-electron chi connectivity index (χ1n) is 6.02. The van der Waals surface area contributed by atoms with E-state index in [1.165, 1.54) is 21.3 Å². The van der Waals surface area contributed by atoms with Crippen LogP contribution in [0.4, 0.5) is 0 Å². The van der Waals surface area contributed by atoms with E-state index in [-0.39, 0.29) is 0 Å². The molecule has 1 N–H and O–H groups in total. The number of halogens is 1. The fourth-order valence-electron chi connectivity index (χ4n) is 1.72. The normalized spacial score (nSPS) is 10.8. The third-order valence-electron chi connectivity index (χ3n) is 2.79. The van der Waals surface area contributed by atoms with Gasteiger partial charge in [-0.05, 0) is 31.0 Å². The molecular formula is C14H17BrN2S. The van der Waals surface area contributed by atoms with Crippen molar-refractivity contribution in [2.45, 2.75) is 26.8 Å². The average molecular weight is 325 g/mol. The second kappa shape index (κ2) is 6.45. The molecule has 1 aromatic carbocycles. The van der Waals surface area contributed by atoms with Crippen LogP contribution < -0.4 is 5.32 Å². The lowest BCUT2D eigenvalue weighted by molar-refractivity contribution is 0.680. The van der Waals surface area contributed by atoms with Gasteiger partial charge in [0.15, 0.2) is 0 Å². The molecule has 2 nitrogen and oxygen atoms in total. The minimum absolute atomic E-state index is 0.905. The first-order chi connectivity index (χ1) is 8.65. The van der Waals surface area contributed by atoms with Gasteiger partial charge in [0.2, 0.25) is 0 Å². The van der Waals surface area contributed by atoms with Crippen LogP contribution in [0.25, 0.3) is 0 Å². The smallest absolute Gasteiger partial charge is 0.0897 e. The Labute approximate surface area is 121 Å². The Kier molecular flexibility index (Phi) is 4.92. The highest BCUT2D eigenvalue weighted by Gasteiger charge is 1.99. The van der Waals surface area contributed by atoms with Gasteiger partial charge in [-0.3, -0.25) is 0 Å². The third kappa shape index (κ3) is 3.90. The molecule has 0 aliphatic heterocycles. The summed E-state index contributed by atoms with van der Waals surface area (Å²) in [4.78, 5) is 4.45. The van der Waals surface area contributed by atoms with Crippen molar-refractivity contribution in [3.63, 3.8) is 0 Å². The maximum Gasteiger partial charge on any atom is 0.0897 e. The molecule has 0 amide bonds. The Morgan fingerprint density at radius 3 is 2.83 bits per heavy atom. The number of thiazole rings is 1. The van der Waals surface area contributed by atoms with E-state index < -0.39 is 0 Å². The standard InChI is InChI=1S/C14H17BrN2S/c1-10-3-4-12(7-14(10)15)8-16-6-5-13-9-18-11(2)17-13/h3-4,7,9,16H,5-6,8H2,1-2H3. The molecule has 1 aromatic heterocycles. The number of aryl methyl sites for hydroxylation is 2. The highest BCUT2D eigenvalue weighted by Crippen LogP contribution is 2.17. The molecule has 0 aliphatic rings. The van der Waals surface area contributed by atoms with Crippen molar-refractivity contribution in [3.05, 3.63) is 49.9 Å². The fraction of sp³-hybridized carbons (Fsp3) is 0.357. The van der Waals surface area contributed by atoms with Crippen molar-refractivity contribution in [1.82, 2.24) is 10.3 Å². The highest BCUT2D eigenvalue weighted by molar-refractivity contribution is 9.10. The minimum Gasteiger partial charge on any atom is -0.312 e. The predicted molar refractivity (Wildman–Crippen MR) is 81.1 cm³/mol. The summed E-state index contributed by atoms with van der Waals surface area (Å²) in [6.45, 7) is 6.02. The summed E-state index contributed by atoms with van der Waals surface area (Å²) in [6.07, 6.45) is 0.997. The van der Waals surface area contributed by atoms with Crippen LogP contribution in [-0.2, 0) is 13.0 Å². The van der Waals surface area contributed by atoms with Gasteiger partial charge in [0.25, 0.3) is 0 Å². The van der Waals surface area contributed by atoms with Gasteiger partial charge < -0.3 is 5.32 Å². The second-order valence-corrected chi connectivity index (χ2v) is 6.28. The Hall–Kier alpha value is -0.710. The Bertz CT molecular complexity index is 522. The zero-order valence-corrected chi connectivity index (χ0v) is 13.1. The lowest BCUT2D eigenvalue weighted by Crippen LogP contribution is -2.16. The molecule has 0 fully saturated rings. The molecule has 0 bridgehead atoms.